The van der Waals surface area contributed by atoms with Crippen molar-refractivity contribution in [2.45, 2.75) is 64.5 Å². The largest absolute Gasteiger partial charge is 0.358 e. The van der Waals surface area contributed by atoms with Crippen LogP contribution in [0, 0.1) is 5.92 Å². The van der Waals surface area contributed by atoms with Gasteiger partial charge in [0.2, 0.25) is 5.91 Å². The summed E-state index contributed by atoms with van der Waals surface area (Å²) < 4.78 is 2.80. The summed E-state index contributed by atoms with van der Waals surface area (Å²) in [7, 11) is 1.51. The van der Waals surface area contributed by atoms with Crippen LogP contribution in [0.15, 0.2) is 15.7 Å². The maximum atomic E-state index is 13.1. The first kappa shape index (κ1) is 22.1. The number of likely N-dealkylation sites (tertiary alicyclic amines) is 2. The zero-order valence-electron chi connectivity index (χ0n) is 19.1. The molecule has 1 aromatic heterocycles. The van der Waals surface area contributed by atoms with Crippen molar-refractivity contribution in [1.82, 2.24) is 18.9 Å². The van der Waals surface area contributed by atoms with Crippen LogP contribution >= 0.6 is 0 Å². The Bertz CT molecular complexity index is 885. The van der Waals surface area contributed by atoms with Crippen molar-refractivity contribution in [3.8, 4) is 0 Å². The summed E-state index contributed by atoms with van der Waals surface area (Å²) in [5.41, 5.74) is -0.556. The molecule has 1 amide bonds. The number of aromatic nitrogens is 2. The molecular formula is C23H37N5O3. The summed E-state index contributed by atoms with van der Waals surface area (Å²) in [5, 5.41) is 0. The van der Waals surface area contributed by atoms with E-state index in [0.29, 0.717) is 37.4 Å². The molecule has 3 saturated heterocycles. The van der Waals surface area contributed by atoms with Crippen molar-refractivity contribution in [3.63, 3.8) is 0 Å². The molecule has 8 nitrogen and oxygen atoms in total. The molecule has 0 aliphatic carbocycles. The molecule has 0 unspecified atom stereocenters. The number of anilines is 1. The topological polar surface area (TPSA) is 70.8 Å². The lowest BCUT2D eigenvalue weighted by Gasteiger charge is -2.42. The average Bonchev–Trinajstić information content (AvgIpc) is 2.83. The van der Waals surface area contributed by atoms with Gasteiger partial charge in [0.25, 0.3) is 5.56 Å². The van der Waals surface area contributed by atoms with E-state index in [1.807, 2.05) is 6.92 Å². The molecule has 31 heavy (non-hydrogen) atoms. The Morgan fingerprint density at radius 2 is 1.58 bits per heavy atom. The molecule has 0 bridgehead atoms. The van der Waals surface area contributed by atoms with Gasteiger partial charge in [0.05, 0.1) is 0 Å². The first-order chi connectivity index (χ1) is 15.0. The van der Waals surface area contributed by atoms with Gasteiger partial charge in [-0.3, -0.25) is 18.7 Å². The van der Waals surface area contributed by atoms with E-state index in [1.165, 1.54) is 39.4 Å². The number of piperidine rings is 3. The zero-order chi connectivity index (χ0) is 22.0. The summed E-state index contributed by atoms with van der Waals surface area (Å²) in [6.07, 6.45) is 7.74. The van der Waals surface area contributed by atoms with Crippen molar-refractivity contribution >= 4 is 11.7 Å². The molecule has 1 aromatic rings. The van der Waals surface area contributed by atoms with Crippen LogP contribution in [0.5, 0.6) is 0 Å². The molecule has 0 N–H and O–H groups in total. The van der Waals surface area contributed by atoms with Gasteiger partial charge in [-0.2, -0.15) is 0 Å². The van der Waals surface area contributed by atoms with Crippen LogP contribution in [0.1, 0.15) is 51.9 Å². The third kappa shape index (κ3) is 4.59. The van der Waals surface area contributed by atoms with Crippen LogP contribution in [0.25, 0.3) is 0 Å². The molecule has 172 valence electrons. The van der Waals surface area contributed by atoms with Crippen LogP contribution in [-0.2, 0) is 18.4 Å². The molecule has 0 radical (unpaired) electrons. The third-order valence-electron chi connectivity index (χ3n) is 7.55. The lowest BCUT2D eigenvalue weighted by atomic mass is 9.93. The van der Waals surface area contributed by atoms with Crippen LogP contribution in [0.3, 0.4) is 0 Å². The number of amides is 1. The molecule has 4 heterocycles. The minimum Gasteiger partial charge on any atom is -0.358 e. The second-order valence-electron chi connectivity index (χ2n) is 9.34. The van der Waals surface area contributed by atoms with E-state index in [4.69, 9.17) is 0 Å². The van der Waals surface area contributed by atoms with Gasteiger partial charge in [-0.05, 0) is 58.5 Å². The summed E-state index contributed by atoms with van der Waals surface area (Å²) in [4.78, 5) is 44.5. The number of hydrogen-bond donors (Lipinski definition) is 0. The molecule has 0 spiro atoms. The van der Waals surface area contributed by atoms with Crippen LogP contribution in [0.4, 0.5) is 5.82 Å². The maximum absolute atomic E-state index is 13.1. The highest BCUT2D eigenvalue weighted by molar-refractivity contribution is 5.79. The van der Waals surface area contributed by atoms with E-state index >= 15 is 0 Å². The first-order valence-electron chi connectivity index (χ1n) is 12.1. The Balaban J connectivity index is 1.33. The van der Waals surface area contributed by atoms with Crippen LogP contribution < -0.4 is 16.1 Å². The first-order valence-corrected chi connectivity index (χ1v) is 12.1. The normalized spacial score (nSPS) is 22.1. The van der Waals surface area contributed by atoms with Gasteiger partial charge in [-0.15, -0.1) is 0 Å². The van der Waals surface area contributed by atoms with Crippen LogP contribution in [0.2, 0.25) is 0 Å². The van der Waals surface area contributed by atoms with Gasteiger partial charge in [0.1, 0.15) is 5.82 Å². The highest BCUT2D eigenvalue weighted by atomic mass is 16.2. The molecule has 0 aromatic carbocycles. The lowest BCUT2D eigenvalue weighted by Crippen LogP contribution is -2.50. The minimum absolute atomic E-state index is 0.0520. The van der Waals surface area contributed by atoms with Crippen molar-refractivity contribution < 1.29 is 4.79 Å². The van der Waals surface area contributed by atoms with Crippen molar-refractivity contribution in [2.24, 2.45) is 13.0 Å². The molecule has 0 saturated carbocycles. The summed E-state index contributed by atoms with van der Waals surface area (Å²) >= 11 is 0. The van der Waals surface area contributed by atoms with E-state index < -0.39 is 0 Å². The van der Waals surface area contributed by atoms with Gasteiger partial charge in [0, 0.05) is 57.8 Å². The molecule has 3 fully saturated rings. The summed E-state index contributed by atoms with van der Waals surface area (Å²) in [6.45, 7) is 8.05. The van der Waals surface area contributed by atoms with Gasteiger partial charge in [0.15, 0.2) is 0 Å². The molecule has 0 atom stereocenters. The van der Waals surface area contributed by atoms with E-state index in [-0.39, 0.29) is 17.2 Å². The molecule has 3 aliphatic rings. The summed E-state index contributed by atoms with van der Waals surface area (Å²) in [6, 6.07) is 2.20. The predicted octanol–water partition coefficient (Wildman–Crippen LogP) is 1.26. The third-order valence-corrected chi connectivity index (χ3v) is 7.55. The van der Waals surface area contributed by atoms with Gasteiger partial charge in [-0.25, -0.2) is 4.79 Å². The average molecular weight is 432 g/mol. The maximum Gasteiger partial charge on any atom is 0.332 e. The van der Waals surface area contributed by atoms with E-state index in [1.54, 1.807) is 10.6 Å². The standard InChI is InChI=1S/C23H37N5O3/c1-3-28-20(17-21(29)24(2)23(28)31)26-13-7-18(8-14-26)22(30)27-15-9-19(10-16-27)25-11-5-4-6-12-25/h17-19H,3-16H2,1-2H3. The van der Waals surface area contributed by atoms with Crippen LogP contribution in [-0.4, -0.2) is 70.2 Å². The van der Waals surface area contributed by atoms with E-state index in [0.717, 1.165) is 43.3 Å². The predicted molar refractivity (Wildman–Crippen MR) is 122 cm³/mol. The fourth-order valence-electron chi connectivity index (χ4n) is 5.57. The smallest absolute Gasteiger partial charge is 0.332 e. The van der Waals surface area contributed by atoms with Crippen molar-refractivity contribution in [2.75, 3.05) is 44.2 Å². The Kier molecular flexibility index (Phi) is 6.84. The number of rotatable bonds is 4. The Hall–Kier alpha value is -2.09. The fraction of sp³-hybridized carbons (Fsp3) is 0.783. The summed E-state index contributed by atoms with van der Waals surface area (Å²) in [5.74, 6) is 1.04. The highest BCUT2D eigenvalue weighted by Gasteiger charge is 2.33. The van der Waals surface area contributed by atoms with E-state index in [2.05, 4.69) is 14.7 Å². The Morgan fingerprint density at radius 3 is 2.19 bits per heavy atom. The minimum atomic E-state index is -0.278. The lowest BCUT2D eigenvalue weighted by molar-refractivity contribution is -0.137. The number of carbonyl (C=O) groups excluding carboxylic acids is 1. The van der Waals surface area contributed by atoms with Crippen molar-refractivity contribution in [3.05, 3.63) is 26.9 Å². The second-order valence-corrected chi connectivity index (χ2v) is 9.34. The molecule has 8 heteroatoms. The van der Waals surface area contributed by atoms with Gasteiger partial charge in [-0.1, -0.05) is 6.42 Å². The zero-order valence-corrected chi connectivity index (χ0v) is 19.1. The van der Waals surface area contributed by atoms with Gasteiger partial charge < -0.3 is 14.7 Å². The van der Waals surface area contributed by atoms with Crippen molar-refractivity contribution in [1.29, 1.82) is 0 Å². The SMILES string of the molecule is CCn1c(N2CCC(C(=O)N3CCC(N4CCCCC4)CC3)CC2)cc(=O)n(C)c1=O. The highest BCUT2D eigenvalue weighted by Crippen LogP contribution is 2.26. The van der Waals surface area contributed by atoms with Gasteiger partial charge >= 0.3 is 5.69 Å². The Labute approximate surface area is 184 Å². The number of nitrogens with zero attached hydrogens (tertiary/aromatic N) is 5. The monoisotopic (exact) mass is 431 g/mol. The molecule has 3 aliphatic heterocycles. The number of hydrogen-bond acceptors (Lipinski definition) is 5. The molecular weight excluding hydrogens is 394 g/mol. The number of carbonyl (C=O) groups is 1. The van der Waals surface area contributed by atoms with E-state index in [9.17, 15) is 14.4 Å². The second kappa shape index (κ2) is 9.59. The Morgan fingerprint density at radius 1 is 0.935 bits per heavy atom. The quantitative estimate of drug-likeness (QED) is 0.718. The molecule has 4 rings (SSSR count). The fourth-order valence-corrected chi connectivity index (χ4v) is 5.57.